The van der Waals surface area contributed by atoms with E-state index in [-0.39, 0.29) is 0 Å². The van der Waals surface area contributed by atoms with Crippen LogP contribution in [0.3, 0.4) is 0 Å². The molecule has 2 heterocycles. The summed E-state index contributed by atoms with van der Waals surface area (Å²) in [4.78, 5) is 9.55. The van der Waals surface area contributed by atoms with Gasteiger partial charge in [0.2, 0.25) is 0 Å². The van der Waals surface area contributed by atoms with Crippen LogP contribution in [-0.4, -0.2) is 9.97 Å². The van der Waals surface area contributed by atoms with Crippen LogP contribution < -0.4 is 0 Å². The summed E-state index contributed by atoms with van der Waals surface area (Å²) in [5.74, 6) is 0.543. The molecule has 1 fully saturated rings. The van der Waals surface area contributed by atoms with Crippen LogP contribution in [-0.2, 0) is 0 Å². The Morgan fingerprint density at radius 2 is 1.88 bits per heavy atom. The largest absolute Gasteiger partial charge is 0.254 e. The lowest BCUT2D eigenvalue weighted by atomic mass is 9.86. The van der Waals surface area contributed by atoms with Crippen molar-refractivity contribution in [1.29, 1.82) is 5.26 Å². The third kappa shape index (κ3) is 2.76. The summed E-state index contributed by atoms with van der Waals surface area (Å²) in [6.45, 7) is 0. The standard InChI is InChI=1S/C21H19N3/c22-14-15-6-4-9-17(12-15)21-20-18(10-5-11-23-20)13-19(24-21)16-7-2-1-3-8-16/h4-6,9-13,16H,1-3,7-8H2. The van der Waals surface area contributed by atoms with E-state index in [9.17, 15) is 5.26 Å². The summed E-state index contributed by atoms with van der Waals surface area (Å²) in [5, 5.41) is 10.3. The average molecular weight is 313 g/mol. The van der Waals surface area contributed by atoms with Crippen molar-refractivity contribution in [2.24, 2.45) is 0 Å². The second kappa shape index (κ2) is 6.41. The Morgan fingerprint density at radius 1 is 1.00 bits per heavy atom. The van der Waals surface area contributed by atoms with Crippen molar-refractivity contribution in [2.45, 2.75) is 38.0 Å². The smallest absolute Gasteiger partial charge is 0.0991 e. The van der Waals surface area contributed by atoms with Crippen molar-refractivity contribution < 1.29 is 0 Å². The van der Waals surface area contributed by atoms with Crippen LogP contribution in [0.4, 0.5) is 0 Å². The maximum atomic E-state index is 9.19. The average Bonchev–Trinajstić information content (AvgIpc) is 2.68. The molecule has 24 heavy (non-hydrogen) atoms. The number of hydrogen-bond donors (Lipinski definition) is 0. The third-order valence-electron chi connectivity index (χ3n) is 4.90. The molecule has 0 N–H and O–H groups in total. The molecule has 1 saturated carbocycles. The van der Waals surface area contributed by atoms with Crippen LogP contribution >= 0.6 is 0 Å². The van der Waals surface area contributed by atoms with Gasteiger partial charge in [0, 0.05) is 28.8 Å². The number of benzene rings is 1. The summed E-state index contributed by atoms with van der Waals surface area (Å²) in [5.41, 5.74) is 4.60. The molecule has 0 radical (unpaired) electrons. The first kappa shape index (κ1) is 14.8. The maximum absolute atomic E-state index is 9.19. The van der Waals surface area contributed by atoms with Crippen LogP contribution in [0.5, 0.6) is 0 Å². The van der Waals surface area contributed by atoms with Gasteiger partial charge in [-0.05, 0) is 37.1 Å². The van der Waals surface area contributed by atoms with Gasteiger partial charge < -0.3 is 0 Å². The molecule has 118 valence electrons. The predicted octanol–water partition coefficient (Wildman–Crippen LogP) is 5.22. The SMILES string of the molecule is N#Cc1cccc(-c2nc(C3CCCCC3)cc3cccnc23)c1. The van der Waals surface area contributed by atoms with Gasteiger partial charge in [0.25, 0.3) is 0 Å². The molecule has 2 aromatic heterocycles. The van der Waals surface area contributed by atoms with Gasteiger partial charge in [-0.25, -0.2) is 0 Å². The first-order valence-corrected chi connectivity index (χ1v) is 8.61. The van der Waals surface area contributed by atoms with Gasteiger partial charge in [0.1, 0.15) is 0 Å². The third-order valence-corrected chi connectivity index (χ3v) is 4.90. The van der Waals surface area contributed by atoms with Crippen LogP contribution in [0, 0.1) is 11.3 Å². The van der Waals surface area contributed by atoms with E-state index < -0.39 is 0 Å². The van der Waals surface area contributed by atoms with Crippen molar-refractivity contribution in [3.05, 3.63) is 59.9 Å². The maximum Gasteiger partial charge on any atom is 0.0991 e. The predicted molar refractivity (Wildman–Crippen MR) is 95.5 cm³/mol. The van der Waals surface area contributed by atoms with E-state index in [1.165, 1.54) is 37.8 Å². The van der Waals surface area contributed by atoms with Gasteiger partial charge in [-0.1, -0.05) is 37.5 Å². The monoisotopic (exact) mass is 313 g/mol. The Labute approximate surface area is 142 Å². The van der Waals surface area contributed by atoms with E-state index in [1.807, 2.05) is 36.5 Å². The summed E-state index contributed by atoms with van der Waals surface area (Å²) in [6, 6.07) is 16.2. The molecule has 3 heteroatoms. The van der Waals surface area contributed by atoms with Crippen LogP contribution in [0.25, 0.3) is 22.2 Å². The highest BCUT2D eigenvalue weighted by molar-refractivity contribution is 5.91. The van der Waals surface area contributed by atoms with E-state index in [0.717, 1.165) is 22.2 Å². The van der Waals surface area contributed by atoms with Crippen molar-refractivity contribution in [3.63, 3.8) is 0 Å². The zero-order valence-corrected chi connectivity index (χ0v) is 13.6. The fraction of sp³-hybridized carbons (Fsp3) is 0.286. The van der Waals surface area contributed by atoms with Gasteiger partial charge in [-0.15, -0.1) is 0 Å². The highest BCUT2D eigenvalue weighted by atomic mass is 14.8. The van der Waals surface area contributed by atoms with Crippen LogP contribution in [0.15, 0.2) is 48.7 Å². The molecule has 0 spiro atoms. The second-order valence-electron chi connectivity index (χ2n) is 6.50. The van der Waals surface area contributed by atoms with E-state index in [4.69, 9.17) is 4.98 Å². The minimum Gasteiger partial charge on any atom is -0.254 e. The second-order valence-corrected chi connectivity index (χ2v) is 6.50. The molecule has 3 nitrogen and oxygen atoms in total. The van der Waals surface area contributed by atoms with Gasteiger partial charge >= 0.3 is 0 Å². The number of rotatable bonds is 2. The number of hydrogen-bond acceptors (Lipinski definition) is 3. The van der Waals surface area contributed by atoms with Crippen LogP contribution in [0.2, 0.25) is 0 Å². The van der Waals surface area contributed by atoms with Crippen molar-refractivity contribution >= 4 is 10.9 Å². The minimum absolute atomic E-state index is 0.543. The Morgan fingerprint density at radius 3 is 2.71 bits per heavy atom. The van der Waals surface area contributed by atoms with Crippen molar-refractivity contribution in [1.82, 2.24) is 9.97 Å². The Balaban J connectivity index is 1.90. The summed E-state index contributed by atoms with van der Waals surface area (Å²) >= 11 is 0. The van der Waals surface area contributed by atoms with E-state index in [0.29, 0.717) is 11.5 Å². The Hall–Kier alpha value is -2.73. The molecule has 1 aliphatic rings. The first-order valence-electron chi connectivity index (χ1n) is 8.61. The minimum atomic E-state index is 0.543. The van der Waals surface area contributed by atoms with Crippen molar-refractivity contribution in [3.8, 4) is 17.3 Å². The number of nitrogens with zero attached hydrogens (tertiary/aromatic N) is 3. The zero-order chi connectivity index (χ0) is 16.4. The highest BCUT2D eigenvalue weighted by Crippen LogP contribution is 2.35. The molecule has 1 aliphatic carbocycles. The lowest BCUT2D eigenvalue weighted by Gasteiger charge is -2.22. The quantitative estimate of drug-likeness (QED) is 0.652. The molecule has 4 rings (SSSR count). The number of pyridine rings is 2. The number of fused-ring (bicyclic) bond motifs is 1. The van der Waals surface area contributed by atoms with Gasteiger partial charge in [-0.2, -0.15) is 5.26 Å². The molecule has 3 aromatic rings. The highest BCUT2D eigenvalue weighted by Gasteiger charge is 2.19. The molecular weight excluding hydrogens is 294 g/mol. The normalized spacial score (nSPS) is 15.3. The molecule has 0 amide bonds. The fourth-order valence-corrected chi connectivity index (χ4v) is 3.65. The molecule has 1 aromatic carbocycles. The first-order chi connectivity index (χ1) is 11.8. The Bertz CT molecular complexity index is 918. The van der Waals surface area contributed by atoms with E-state index in [1.54, 1.807) is 0 Å². The Kier molecular flexibility index (Phi) is 3.96. The van der Waals surface area contributed by atoms with Crippen LogP contribution in [0.1, 0.15) is 49.3 Å². The number of aromatic nitrogens is 2. The molecule has 0 saturated heterocycles. The molecule has 0 atom stereocenters. The topological polar surface area (TPSA) is 49.6 Å². The fourth-order valence-electron chi connectivity index (χ4n) is 3.65. The van der Waals surface area contributed by atoms with Crippen molar-refractivity contribution in [2.75, 3.05) is 0 Å². The molecular formula is C21H19N3. The molecule has 0 bridgehead atoms. The lowest BCUT2D eigenvalue weighted by Crippen LogP contribution is -2.07. The zero-order valence-electron chi connectivity index (χ0n) is 13.6. The van der Waals surface area contributed by atoms with Gasteiger partial charge in [-0.3, -0.25) is 9.97 Å². The summed E-state index contributed by atoms with van der Waals surface area (Å²) < 4.78 is 0. The van der Waals surface area contributed by atoms with E-state index in [2.05, 4.69) is 23.2 Å². The molecule has 0 unspecified atom stereocenters. The van der Waals surface area contributed by atoms with Gasteiger partial charge in [0.15, 0.2) is 0 Å². The summed E-state index contributed by atoms with van der Waals surface area (Å²) in [6.07, 6.45) is 8.16. The lowest BCUT2D eigenvalue weighted by molar-refractivity contribution is 0.437. The number of nitriles is 1. The van der Waals surface area contributed by atoms with Gasteiger partial charge in [0.05, 0.1) is 22.8 Å². The van der Waals surface area contributed by atoms with E-state index >= 15 is 0 Å². The molecule has 0 aliphatic heterocycles. The summed E-state index contributed by atoms with van der Waals surface area (Å²) in [7, 11) is 0.